The van der Waals surface area contributed by atoms with Gasteiger partial charge in [0.1, 0.15) is 23.2 Å². The van der Waals surface area contributed by atoms with Crippen molar-refractivity contribution >= 4 is 50.5 Å². The first-order valence-electron chi connectivity index (χ1n) is 10.9. The van der Waals surface area contributed by atoms with Gasteiger partial charge in [-0.3, -0.25) is 9.78 Å². The van der Waals surface area contributed by atoms with Gasteiger partial charge in [-0.15, -0.1) is 0 Å². The molecule has 3 N–H and O–H groups in total. The van der Waals surface area contributed by atoms with Crippen LogP contribution in [0.2, 0.25) is 0 Å². The summed E-state index contributed by atoms with van der Waals surface area (Å²) in [7, 11) is 1.92. The number of hydrogen-bond donors (Lipinski definition) is 3. The number of rotatable bonds is 8. The summed E-state index contributed by atoms with van der Waals surface area (Å²) < 4.78 is 8.89. The molecule has 0 bridgehead atoms. The van der Waals surface area contributed by atoms with Crippen molar-refractivity contribution in [1.82, 2.24) is 19.9 Å². The van der Waals surface area contributed by atoms with Gasteiger partial charge in [0.2, 0.25) is 5.95 Å². The van der Waals surface area contributed by atoms with E-state index < -0.39 is 17.9 Å². The molecule has 2 heterocycles. The molecule has 0 unspecified atom stereocenters. The lowest BCUT2D eigenvalue weighted by molar-refractivity contribution is -0.140. The van der Waals surface area contributed by atoms with Crippen molar-refractivity contribution in [2.45, 2.75) is 19.9 Å². The topological polar surface area (TPSA) is 118 Å². The lowest BCUT2D eigenvalue weighted by Gasteiger charge is -2.17. The van der Waals surface area contributed by atoms with Crippen LogP contribution in [0.15, 0.2) is 65.3 Å². The van der Waals surface area contributed by atoms with Crippen LogP contribution in [0.1, 0.15) is 24.3 Å². The quantitative estimate of drug-likeness (QED) is 0.286. The van der Waals surface area contributed by atoms with Gasteiger partial charge >= 0.3 is 5.97 Å². The molecule has 35 heavy (non-hydrogen) atoms. The fourth-order valence-corrected chi connectivity index (χ4v) is 3.75. The van der Waals surface area contributed by atoms with Gasteiger partial charge in [0, 0.05) is 35.5 Å². The zero-order chi connectivity index (χ0) is 25.1. The summed E-state index contributed by atoms with van der Waals surface area (Å²) in [5.74, 6) is -0.345. The maximum atomic E-state index is 12.5. The number of carboxylic acid groups (broad SMARTS) is 1. The highest BCUT2D eigenvalue weighted by Crippen LogP contribution is 2.28. The zero-order valence-corrected chi connectivity index (χ0v) is 20.9. The molecule has 0 fully saturated rings. The number of carbonyl (C=O) groups excluding carboxylic acids is 1. The number of amides is 1. The van der Waals surface area contributed by atoms with E-state index in [1.807, 2.05) is 54.1 Å². The van der Waals surface area contributed by atoms with Crippen molar-refractivity contribution in [2.24, 2.45) is 13.0 Å². The smallest absolute Gasteiger partial charge is 0.326 e. The monoisotopic (exact) mass is 537 g/mol. The number of nitrogens with one attached hydrogen (secondary N) is 2. The number of aromatic nitrogens is 3. The van der Waals surface area contributed by atoms with E-state index >= 15 is 0 Å². The zero-order valence-electron chi connectivity index (χ0n) is 19.3. The molecule has 9 nitrogen and oxygen atoms in total. The molecule has 0 saturated heterocycles. The second kappa shape index (κ2) is 10.1. The number of carboxylic acids is 1. The third-order valence-electron chi connectivity index (χ3n) is 5.37. The summed E-state index contributed by atoms with van der Waals surface area (Å²) in [5.41, 5.74) is 2.63. The number of aliphatic carboxylic acids is 1. The van der Waals surface area contributed by atoms with E-state index in [1.165, 1.54) is 12.3 Å². The van der Waals surface area contributed by atoms with Crippen LogP contribution in [0.3, 0.4) is 0 Å². The predicted octanol–water partition coefficient (Wildman–Crippen LogP) is 5.11. The molecule has 2 aromatic heterocycles. The highest BCUT2D eigenvalue weighted by atomic mass is 79.9. The van der Waals surface area contributed by atoms with E-state index in [-0.39, 0.29) is 11.6 Å². The number of anilines is 2. The standard InChI is InChI=1S/C25H24BrN5O4/c1-14(2)22(24(33)34)30-23(32)20-13-18(10-11-27-20)35-17-8-9-21-19(12-17)29-25(31(21)3)28-16-6-4-15(26)5-7-16/h4-14,22H,1-3H3,(H,28,29)(H,30,32)(H,33,34)/t22-/m0/s1. The molecule has 1 atom stereocenters. The van der Waals surface area contributed by atoms with Gasteiger partial charge in [-0.05, 0) is 48.4 Å². The van der Waals surface area contributed by atoms with Crippen molar-refractivity contribution in [1.29, 1.82) is 0 Å². The van der Waals surface area contributed by atoms with Crippen LogP contribution in [0.4, 0.5) is 11.6 Å². The predicted molar refractivity (Wildman–Crippen MR) is 136 cm³/mol. The SMILES string of the molecule is CC(C)[C@H](NC(=O)c1cc(Oc2ccc3c(c2)nc(Nc2ccc(Br)cc2)n3C)ccn1)C(=O)O. The van der Waals surface area contributed by atoms with E-state index in [1.54, 1.807) is 19.9 Å². The number of aryl methyl sites for hydroxylation is 1. The molecule has 0 saturated carbocycles. The number of fused-ring (bicyclic) bond motifs is 1. The Kier molecular flexibility index (Phi) is 7.02. The summed E-state index contributed by atoms with van der Waals surface area (Å²) in [6.45, 7) is 3.44. The second-order valence-corrected chi connectivity index (χ2v) is 9.20. The van der Waals surface area contributed by atoms with Crippen molar-refractivity contribution < 1.29 is 19.4 Å². The van der Waals surface area contributed by atoms with E-state index in [4.69, 9.17) is 4.74 Å². The fraction of sp³-hybridized carbons (Fsp3) is 0.200. The lowest BCUT2D eigenvalue weighted by Crippen LogP contribution is -2.44. The minimum absolute atomic E-state index is 0.0642. The molecule has 2 aromatic carbocycles. The van der Waals surface area contributed by atoms with E-state index in [0.717, 1.165) is 21.2 Å². The first kappa shape index (κ1) is 24.2. The highest BCUT2D eigenvalue weighted by molar-refractivity contribution is 9.10. The Morgan fingerprint density at radius 3 is 2.46 bits per heavy atom. The first-order chi connectivity index (χ1) is 16.7. The number of carbonyl (C=O) groups is 2. The Labute approximate surface area is 210 Å². The Morgan fingerprint density at radius 1 is 1.06 bits per heavy atom. The van der Waals surface area contributed by atoms with Crippen LogP contribution in [0, 0.1) is 5.92 Å². The summed E-state index contributed by atoms with van der Waals surface area (Å²) in [6.07, 6.45) is 1.44. The van der Waals surface area contributed by atoms with Crippen LogP contribution in [0.25, 0.3) is 11.0 Å². The number of imidazole rings is 1. The van der Waals surface area contributed by atoms with Crippen LogP contribution < -0.4 is 15.4 Å². The Bertz CT molecular complexity index is 1380. The van der Waals surface area contributed by atoms with Crippen LogP contribution >= 0.6 is 15.9 Å². The number of nitrogens with zero attached hydrogens (tertiary/aromatic N) is 3. The molecular weight excluding hydrogens is 514 g/mol. The normalized spacial score (nSPS) is 11.9. The van der Waals surface area contributed by atoms with Crippen molar-refractivity contribution in [2.75, 3.05) is 5.32 Å². The molecule has 0 aliphatic carbocycles. The molecule has 0 spiro atoms. The number of pyridine rings is 1. The van der Waals surface area contributed by atoms with Gasteiger partial charge in [0.25, 0.3) is 5.91 Å². The second-order valence-electron chi connectivity index (χ2n) is 8.29. The van der Waals surface area contributed by atoms with E-state index in [2.05, 4.69) is 36.5 Å². The van der Waals surface area contributed by atoms with Gasteiger partial charge in [-0.25, -0.2) is 9.78 Å². The van der Waals surface area contributed by atoms with Crippen LogP contribution in [-0.4, -0.2) is 37.6 Å². The molecule has 0 aliphatic heterocycles. The molecule has 0 radical (unpaired) electrons. The Balaban J connectivity index is 1.52. The van der Waals surface area contributed by atoms with Crippen molar-refractivity contribution in [3.05, 3.63) is 71.0 Å². The third kappa shape index (κ3) is 5.60. The molecule has 180 valence electrons. The Morgan fingerprint density at radius 2 is 1.77 bits per heavy atom. The lowest BCUT2D eigenvalue weighted by atomic mass is 10.0. The average Bonchev–Trinajstić information content (AvgIpc) is 3.13. The van der Waals surface area contributed by atoms with Crippen LogP contribution in [0.5, 0.6) is 11.5 Å². The van der Waals surface area contributed by atoms with Gasteiger partial charge in [-0.2, -0.15) is 0 Å². The number of benzene rings is 2. The number of halogens is 1. The molecule has 1 amide bonds. The summed E-state index contributed by atoms with van der Waals surface area (Å²) in [6, 6.07) is 15.4. The molecule has 4 rings (SSSR count). The van der Waals surface area contributed by atoms with E-state index in [0.29, 0.717) is 17.4 Å². The summed E-state index contributed by atoms with van der Waals surface area (Å²) in [5, 5.41) is 15.1. The van der Waals surface area contributed by atoms with E-state index in [9.17, 15) is 14.7 Å². The Hall–Kier alpha value is -3.92. The average molecular weight is 538 g/mol. The van der Waals surface area contributed by atoms with Crippen molar-refractivity contribution in [3.63, 3.8) is 0 Å². The molecule has 0 aliphatic rings. The van der Waals surface area contributed by atoms with Crippen molar-refractivity contribution in [3.8, 4) is 11.5 Å². The van der Waals surface area contributed by atoms with Crippen LogP contribution in [-0.2, 0) is 11.8 Å². The molecule has 4 aromatic rings. The summed E-state index contributed by atoms with van der Waals surface area (Å²) >= 11 is 3.43. The maximum absolute atomic E-state index is 12.5. The first-order valence-corrected chi connectivity index (χ1v) is 11.7. The van der Waals surface area contributed by atoms with Gasteiger partial charge in [-0.1, -0.05) is 29.8 Å². The van der Waals surface area contributed by atoms with Gasteiger partial charge < -0.3 is 25.0 Å². The number of hydrogen-bond acceptors (Lipinski definition) is 6. The molecule has 10 heteroatoms. The van der Waals surface area contributed by atoms with Gasteiger partial charge in [0.15, 0.2) is 0 Å². The molecular formula is C25H24BrN5O4. The number of ether oxygens (including phenoxy) is 1. The van der Waals surface area contributed by atoms with Gasteiger partial charge in [0.05, 0.1) is 11.0 Å². The largest absolute Gasteiger partial charge is 0.480 e. The summed E-state index contributed by atoms with van der Waals surface area (Å²) in [4.78, 5) is 32.7. The fourth-order valence-electron chi connectivity index (χ4n) is 3.48. The maximum Gasteiger partial charge on any atom is 0.326 e. The minimum Gasteiger partial charge on any atom is -0.480 e. The highest BCUT2D eigenvalue weighted by Gasteiger charge is 2.24. The third-order valence-corrected chi connectivity index (χ3v) is 5.90. The minimum atomic E-state index is -1.10.